The summed E-state index contributed by atoms with van der Waals surface area (Å²) >= 11 is 0. The average molecular weight is 443 g/mol. The molecule has 1 aromatic heterocycles. The van der Waals surface area contributed by atoms with Crippen LogP contribution in [-0.4, -0.2) is 25.4 Å². The number of sulfonamides is 1. The third kappa shape index (κ3) is 4.90. The van der Waals surface area contributed by atoms with E-state index in [2.05, 4.69) is 25.3 Å². The predicted octanol–water partition coefficient (Wildman–Crippen LogP) is 3.22. The van der Waals surface area contributed by atoms with E-state index in [1.807, 2.05) is 0 Å². The Balaban J connectivity index is 1.43. The number of benzene rings is 2. The van der Waals surface area contributed by atoms with Crippen molar-refractivity contribution < 1.29 is 22.3 Å². The zero-order valence-corrected chi connectivity index (χ0v) is 17.1. The van der Waals surface area contributed by atoms with Gasteiger partial charge in [-0.1, -0.05) is 18.2 Å². The number of halogens is 1. The molecular formula is C20H18FN5O4S. The fraction of sp³-hybridized carbons (Fsp3) is 0.100. The van der Waals surface area contributed by atoms with E-state index in [0.717, 1.165) is 0 Å². The number of ether oxygens (including phenoxy) is 2. The lowest BCUT2D eigenvalue weighted by molar-refractivity contribution is -0.0325. The maximum Gasteiger partial charge on any atom is 0.268 e. The molecule has 0 aliphatic carbocycles. The van der Waals surface area contributed by atoms with Crippen molar-refractivity contribution in [3.63, 3.8) is 0 Å². The van der Waals surface area contributed by atoms with Crippen LogP contribution < -0.4 is 15.4 Å². The third-order valence-corrected chi connectivity index (χ3v) is 5.64. The molecule has 3 aromatic rings. The summed E-state index contributed by atoms with van der Waals surface area (Å²) in [6.45, 7) is 0. The second-order valence-corrected chi connectivity index (χ2v) is 8.26. The van der Waals surface area contributed by atoms with E-state index in [4.69, 9.17) is 9.47 Å². The molecule has 4 rings (SSSR count). The van der Waals surface area contributed by atoms with Crippen molar-refractivity contribution in [3.8, 4) is 0 Å². The van der Waals surface area contributed by atoms with Gasteiger partial charge in [-0.05, 0) is 43.4 Å². The highest BCUT2D eigenvalue weighted by Crippen LogP contribution is 2.29. The van der Waals surface area contributed by atoms with Gasteiger partial charge in [-0.2, -0.15) is 4.98 Å². The number of hydrogen-bond donors (Lipinski definition) is 3. The minimum absolute atomic E-state index is 0.110. The molecular weight excluding hydrogens is 425 g/mol. The molecule has 160 valence electrons. The van der Waals surface area contributed by atoms with Gasteiger partial charge in [-0.3, -0.25) is 0 Å². The second-order valence-electron chi connectivity index (χ2n) is 6.37. The summed E-state index contributed by atoms with van der Waals surface area (Å²) in [4.78, 5) is 8.56. The normalized spacial score (nSPS) is 15.5. The number of nitrogens with zero attached hydrogens (tertiary/aromatic N) is 2. The van der Waals surface area contributed by atoms with Crippen molar-refractivity contribution in [2.75, 3.05) is 17.7 Å². The zero-order chi connectivity index (χ0) is 21.8. The van der Waals surface area contributed by atoms with Gasteiger partial charge in [0, 0.05) is 17.4 Å². The molecule has 0 fully saturated rings. The molecule has 0 saturated carbocycles. The molecule has 11 heteroatoms. The fourth-order valence-corrected chi connectivity index (χ4v) is 3.53. The van der Waals surface area contributed by atoms with Gasteiger partial charge in [-0.25, -0.2) is 22.5 Å². The monoisotopic (exact) mass is 443 g/mol. The van der Waals surface area contributed by atoms with E-state index >= 15 is 0 Å². The Hall–Kier alpha value is -3.70. The van der Waals surface area contributed by atoms with Crippen LogP contribution in [0.5, 0.6) is 0 Å². The van der Waals surface area contributed by atoms with Crippen LogP contribution in [0.2, 0.25) is 0 Å². The van der Waals surface area contributed by atoms with E-state index in [1.165, 1.54) is 43.8 Å². The number of hydrogen-bond acceptors (Lipinski definition) is 8. The molecule has 0 saturated heterocycles. The van der Waals surface area contributed by atoms with Gasteiger partial charge < -0.3 is 20.1 Å². The SMILES string of the molecule is CNS(=O)(=O)c1cccc(Nc2nccc(NC3=COC(c4cccc(F)c4)O3)n2)c1. The van der Waals surface area contributed by atoms with Gasteiger partial charge in [0.05, 0.1) is 4.90 Å². The lowest BCUT2D eigenvalue weighted by Gasteiger charge is -2.13. The van der Waals surface area contributed by atoms with Crippen LogP contribution in [0.1, 0.15) is 11.9 Å². The van der Waals surface area contributed by atoms with Gasteiger partial charge in [-0.15, -0.1) is 0 Å². The first-order valence-corrected chi connectivity index (χ1v) is 10.6. The average Bonchev–Trinajstić information content (AvgIpc) is 3.23. The highest BCUT2D eigenvalue weighted by molar-refractivity contribution is 7.89. The Morgan fingerprint density at radius 3 is 2.71 bits per heavy atom. The largest absolute Gasteiger partial charge is 0.453 e. The molecule has 3 N–H and O–H groups in total. The molecule has 2 heterocycles. The van der Waals surface area contributed by atoms with Crippen molar-refractivity contribution >= 4 is 27.5 Å². The van der Waals surface area contributed by atoms with Gasteiger partial charge in [0.2, 0.25) is 21.9 Å². The van der Waals surface area contributed by atoms with Crippen LogP contribution in [0.3, 0.4) is 0 Å². The Kier molecular flexibility index (Phi) is 5.69. The summed E-state index contributed by atoms with van der Waals surface area (Å²) in [5.74, 6) is 0.557. The summed E-state index contributed by atoms with van der Waals surface area (Å²) < 4.78 is 50.7. The van der Waals surface area contributed by atoms with Crippen LogP contribution >= 0.6 is 0 Å². The lowest BCUT2D eigenvalue weighted by Crippen LogP contribution is -2.18. The summed E-state index contributed by atoms with van der Waals surface area (Å²) in [5.41, 5.74) is 1.04. The molecule has 0 spiro atoms. The summed E-state index contributed by atoms with van der Waals surface area (Å²) in [6, 6.07) is 13.8. The van der Waals surface area contributed by atoms with Gasteiger partial charge in [0.15, 0.2) is 0 Å². The maximum atomic E-state index is 13.4. The predicted molar refractivity (Wildman–Crippen MR) is 111 cm³/mol. The van der Waals surface area contributed by atoms with E-state index in [-0.39, 0.29) is 16.7 Å². The highest BCUT2D eigenvalue weighted by Gasteiger charge is 2.22. The fourth-order valence-electron chi connectivity index (χ4n) is 2.76. The topological polar surface area (TPSA) is 114 Å². The number of nitrogens with one attached hydrogen (secondary N) is 3. The molecule has 9 nitrogen and oxygen atoms in total. The van der Waals surface area contributed by atoms with Crippen LogP contribution in [0.25, 0.3) is 0 Å². The Morgan fingerprint density at radius 2 is 1.90 bits per heavy atom. The van der Waals surface area contributed by atoms with Crippen molar-refractivity contribution in [1.82, 2.24) is 14.7 Å². The first-order valence-electron chi connectivity index (χ1n) is 9.11. The minimum atomic E-state index is -3.57. The van der Waals surface area contributed by atoms with Crippen LogP contribution in [0, 0.1) is 5.82 Å². The van der Waals surface area contributed by atoms with E-state index in [1.54, 1.807) is 30.3 Å². The number of rotatable bonds is 7. The van der Waals surface area contributed by atoms with Gasteiger partial charge in [0.1, 0.15) is 17.9 Å². The van der Waals surface area contributed by atoms with E-state index in [9.17, 15) is 12.8 Å². The zero-order valence-electron chi connectivity index (χ0n) is 16.2. The van der Waals surface area contributed by atoms with E-state index in [0.29, 0.717) is 23.0 Å². The quantitative estimate of drug-likeness (QED) is 0.510. The molecule has 1 aliphatic heterocycles. The standard InChI is InChI=1S/C20H18FN5O4S/c1-22-31(27,28)16-7-3-6-15(11-16)24-20-23-9-8-17(26-20)25-18-12-29-19(30-18)13-4-2-5-14(21)10-13/h2-12,19,22H,1H3,(H2,23,24,25,26). The van der Waals surface area contributed by atoms with Crippen LogP contribution in [0.4, 0.5) is 21.8 Å². The van der Waals surface area contributed by atoms with Crippen molar-refractivity contribution in [3.05, 3.63) is 84.3 Å². The van der Waals surface area contributed by atoms with Crippen molar-refractivity contribution in [2.24, 2.45) is 0 Å². The summed E-state index contributed by atoms with van der Waals surface area (Å²) in [6.07, 6.45) is 2.12. The molecule has 31 heavy (non-hydrogen) atoms. The Morgan fingerprint density at radius 1 is 1.06 bits per heavy atom. The third-order valence-electron chi connectivity index (χ3n) is 4.23. The second kappa shape index (κ2) is 8.58. The van der Waals surface area contributed by atoms with Crippen LogP contribution in [0.15, 0.2) is 77.8 Å². The lowest BCUT2D eigenvalue weighted by atomic mass is 10.2. The first kappa shape index (κ1) is 20.6. The van der Waals surface area contributed by atoms with Gasteiger partial charge >= 0.3 is 0 Å². The van der Waals surface area contributed by atoms with Crippen LogP contribution in [-0.2, 0) is 19.5 Å². The molecule has 0 radical (unpaired) electrons. The maximum absolute atomic E-state index is 13.4. The van der Waals surface area contributed by atoms with Gasteiger partial charge in [0.25, 0.3) is 6.29 Å². The smallest absolute Gasteiger partial charge is 0.268 e. The first-order chi connectivity index (χ1) is 14.9. The molecule has 1 unspecified atom stereocenters. The summed E-state index contributed by atoms with van der Waals surface area (Å²) in [7, 11) is -2.23. The highest BCUT2D eigenvalue weighted by atomic mass is 32.2. The number of anilines is 3. The minimum Gasteiger partial charge on any atom is -0.453 e. The van der Waals surface area contributed by atoms with Crippen molar-refractivity contribution in [1.29, 1.82) is 0 Å². The Labute approximate surface area is 178 Å². The molecule has 0 amide bonds. The van der Waals surface area contributed by atoms with E-state index < -0.39 is 16.3 Å². The molecule has 1 aliphatic rings. The van der Waals surface area contributed by atoms with Crippen molar-refractivity contribution in [2.45, 2.75) is 11.2 Å². The molecule has 0 bridgehead atoms. The summed E-state index contributed by atoms with van der Waals surface area (Å²) in [5, 5.41) is 5.91. The Bertz CT molecular complexity index is 1240. The molecule has 2 aromatic carbocycles. The molecule has 1 atom stereocenters. The number of aromatic nitrogens is 2.